The maximum atomic E-state index is 14.0. The molecule has 7 nitrogen and oxygen atoms in total. The van der Waals surface area contributed by atoms with Crippen LogP contribution in [0.3, 0.4) is 0 Å². The summed E-state index contributed by atoms with van der Waals surface area (Å²) in [5.74, 6) is -0.168. The van der Waals surface area contributed by atoms with E-state index in [-0.39, 0.29) is 24.2 Å². The van der Waals surface area contributed by atoms with Crippen LogP contribution in [0.15, 0.2) is 59.8 Å². The Bertz CT molecular complexity index is 1270. The topological polar surface area (TPSA) is 90.7 Å². The average molecular weight is 490 g/mol. The van der Waals surface area contributed by atoms with Crippen LogP contribution in [0, 0.1) is 16.7 Å². The summed E-state index contributed by atoms with van der Waals surface area (Å²) >= 11 is 0. The molecule has 1 atom stereocenters. The number of hydrogen-bond acceptors (Lipinski definition) is 5. The van der Waals surface area contributed by atoms with Gasteiger partial charge in [-0.1, -0.05) is 45.0 Å². The molecule has 1 aliphatic carbocycles. The van der Waals surface area contributed by atoms with E-state index >= 15 is 0 Å². The predicted molar refractivity (Wildman–Crippen MR) is 132 cm³/mol. The number of nitrogens with zero attached hydrogens (tertiary/aromatic N) is 3. The van der Waals surface area contributed by atoms with Gasteiger partial charge in [-0.15, -0.1) is 0 Å². The zero-order chi connectivity index (χ0) is 26.0. The molecule has 2 aromatic rings. The van der Waals surface area contributed by atoms with Crippen molar-refractivity contribution in [1.82, 2.24) is 4.90 Å². The molecule has 8 heteroatoms. The van der Waals surface area contributed by atoms with Gasteiger partial charge in [-0.05, 0) is 53.6 Å². The third-order valence-corrected chi connectivity index (χ3v) is 6.13. The molecule has 1 unspecified atom stereocenters. The fraction of sp³-hybridized carbons (Fsp3) is 0.357. The van der Waals surface area contributed by atoms with Crippen LogP contribution in [0.2, 0.25) is 0 Å². The van der Waals surface area contributed by atoms with Crippen LogP contribution in [0.4, 0.5) is 19.7 Å². The summed E-state index contributed by atoms with van der Waals surface area (Å²) in [6, 6.07) is 13.3. The van der Waals surface area contributed by atoms with Gasteiger partial charge in [-0.25, -0.2) is 18.9 Å². The Labute approximate surface area is 209 Å². The first-order valence-electron chi connectivity index (χ1n) is 11.9. The first-order chi connectivity index (χ1) is 17.1. The third-order valence-electron chi connectivity index (χ3n) is 6.13. The van der Waals surface area contributed by atoms with Gasteiger partial charge in [0.05, 0.1) is 23.9 Å². The van der Waals surface area contributed by atoms with Gasteiger partial charge in [0.25, 0.3) is 0 Å². The number of allylic oxidation sites excluding steroid dienone is 1. The van der Waals surface area contributed by atoms with Gasteiger partial charge in [0.2, 0.25) is 0 Å². The average Bonchev–Trinajstić information content (AvgIpc) is 2.86. The Kier molecular flexibility index (Phi) is 6.93. The first-order valence-corrected chi connectivity index (χ1v) is 11.9. The van der Waals surface area contributed by atoms with Crippen molar-refractivity contribution >= 4 is 23.6 Å². The standard InChI is InChI=1S/C28H28FN3O4/c1-28(2,3)17-36-27(35)32-25(20-12-10-18(16-30)11-13-20)24-22(8-5-9-23(24)33)31(26(32)34)21-7-4-6-19(14-21)15-29/h4,6-7,10-14,25H,5,8-9,15,17H2,1-3H3. The molecule has 2 aliphatic rings. The van der Waals surface area contributed by atoms with Gasteiger partial charge >= 0.3 is 12.1 Å². The van der Waals surface area contributed by atoms with E-state index in [1.807, 2.05) is 20.8 Å². The van der Waals surface area contributed by atoms with Crippen molar-refractivity contribution in [2.75, 3.05) is 11.5 Å². The van der Waals surface area contributed by atoms with Crippen molar-refractivity contribution in [1.29, 1.82) is 5.26 Å². The molecule has 0 spiro atoms. The number of benzene rings is 2. The Morgan fingerprint density at radius 2 is 1.86 bits per heavy atom. The highest BCUT2D eigenvalue weighted by Gasteiger charge is 2.48. The number of nitriles is 1. The van der Waals surface area contributed by atoms with Crippen molar-refractivity contribution in [2.24, 2.45) is 5.41 Å². The van der Waals surface area contributed by atoms with Crippen LogP contribution in [0.25, 0.3) is 0 Å². The number of Topliss-reactive ketones (excluding diaryl/α,β-unsaturated/α-hetero) is 1. The molecule has 0 radical (unpaired) electrons. The van der Waals surface area contributed by atoms with Gasteiger partial charge < -0.3 is 4.74 Å². The summed E-state index contributed by atoms with van der Waals surface area (Å²) in [6.45, 7) is 5.04. The normalized spacial score (nSPS) is 18.1. The van der Waals surface area contributed by atoms with Gasteiger partial charge in [0, 0.05) is 17.7 Å². The van der Waals surface area contributed by atoms with Crippen molar-refractivity contribution in [3.63, 3.8) is 0 Å². The maximum Gasteiger partial charge on any atom is 0.418 e. The maximum absolute atomic E-state index is 14.0. The van der Waals surface area contributed by atoms with Crippen LogP contribution in [0.5, 0.6) is 0 Å². The molecule has 186 valence electrons. The minimum Gasteiger partial charge on any atom is -0.448 e. The highest BCUT2D eigenvalue weighted by atomic mass is 19.1. The molecule has 4 rings (SSSR count). The van der Waals surface area contributed by atoms with Gasteiger partial charge in [-0.3, -0.25) is 9.69 Å². The largest absolute Gasteiger partial charge is 0.448 e. The van der Waals surface area contributed by atoms with Crippen LogP contribution >= 0.6 is 0 Å². The number of anilines is 1. The van der Waals surface area contributed by atoms with Gasteiger partial charge in [-0.2, -0.15) is 5.26 Å². The fourth-order valence-corrected chi connectivity index (χ4v) is 4.48. The zero-order valence-corrected chi connectivity index (χ0v) is 20.6. The number of hydrogen-bond donors (Lipinski definition) is 0. The minimum atomic E-state index is -0.999. The van der Waals surface area contributed by atoms with E-state index in [0.717, 1.165) is 4.90 Å². The number of amides is 3. The number of ketones is 1. The highest BCUT2D eigenvalue weighted by Crippen LogP contribution is 2.44. The van der Waals surface area contributed by atoms with E-state index in [1.54, 1.807) is 48.5 Å². The molecule has 0 saturated carbocycles. The summed E-state index contributed by atoms with van der Waals surface area (Å²) in [7, 11) is 0. The number of carbonyl (C=O) groups excluding carboxylic acids is 3. The Morgan fingerprint density at radius 1 is 1.14 bits per heavy atom. The molecular formula is C28H28FN3O4. The molecule has 1 heterocycles. The van der Waals surface area contributed by atoms with Crippen molar-refractivity contribution in [3.05, 3.63) is 76.5 Å². The number of ether oxygens (including phenoxy) is 1. The van der Waals surface area contributed by atoms with E-state index < -0.39 is 24.8 Å². The lowest BCUT2D eigenvalue weighted by Gasteiger charge is -2.43. The summed E-state index contributed by atoms with van der Waals surface area (Å²) in [5.41, 5.74) is 2.18. The monoisotopic (exact) mass is 489 g/mol. The third kappa shape index (κ3) is 4.87. The molecule has 0 bridgehead atoms. The molecule has 0 aromatic heterocycles. The second kappa shape index (κ2) is 9.94. The molecule has 1 aliphatic heterocycles. The summed E-state index contributed by atoms with van der Waals surface area (Å²) in [4.78, 5) is 43.1. The molecular weight excluding hydrogens is 461 g/mol. The van der Waals surface area contributed by atoms with Crippen LogP contribution in [-0.2, 0) is 16.2 Å². The Balaban J connectivity index is 1.91. The second-order valence-electron chi connectivity index (χ2n) is 10.2. The fourth-order valence-electron chi connectivity index (χ4n) is 4.48. The quantitative estimate of drug-likeness (QED) is 0.510. The van der Waals surface area contributed by atoms with Crippen LogP contribution < -0.4 is 4.90 Å². The molecule has 0 saturated heterocycles. The number of carbonyl (C=O) groups is 3. The SMILES string of the molecule is CC(C)(C)COC(=O)N1C(=O)N(c2cccc(CF)c2)C2=C(C(=O)CCC2)C1c1ccc(C#N)cc1. The molecule has 0 N–H and O–H groups in total. The summed E-state index contributed by atoms with van der Waals surface area (Å²) < 4.78 is 19.0. The highest BCUT2D eigenvalue weighted by molar-refractivity contribution is 6.10. The summed E-state index contributed by atoms with van der Waals surface area (Å²) in [5, 5.41) is 9.21. The lowest BCUT2D eigenvalue weighted by atomic mass is 9.83. The van der Waals surface area contributed by atoms with Gasteiger partial charge in [0.1, 0.15) is 12.7 Å². The van der Waals surface area contributed by atoms with E-state index in [1.165, 1.54) is 4.90 Å². The molecule has 3 amide bonds. The Morgan fingerprint density at radius 3 is 2.50 bits per heavy atom. The number of urea groups is 1. The summed E-state index contributed by atoms with van der Waals surface area (Å²) in [6.07, 6.45) is 0.410. The van der Waals surface area contributed by atoms with E-state index in [4.69, 9.17) is 4.74 Å². The number of halogens is 1. The number of alkyl halides is 1. The van der Waals surface area contributed by atoms with Crippen molar-refractivity contribution < 1.29 is 23.5 Å². The molecule has 36 heavy (non-hydrogen) atoms. The number of rotatable bonds is 4. The minimum absolute atomic E-state index is 0.0624. The van der Waals surface area contributed by atoms with Crippen LogP contribution in [-0.4, -0.2) is 29.4 Å². The lowest BCUT2D eigenvalue weighted by Crippen LogP contribution is -2.54. The van der Waals surface area contributed by atoms with Crippen molar-refractivity contribution in [2.45, 2.75) is 52.8 Å². The van der Waals surface area contributed by atoms with E-state index in [0.29, 0.717) is 46.5 Å². The van der Waals surface area contributed by atoms with Crippen LogP contribution in [0.1, 0.15) is 62.8 Å². The van der Waals surface area contributed by atoms with Crippen molar-refractivity contribution in [3.8, 4) is 6.07 Å². The molecule has 2 aromatic carbocycles. The Hall–Kier alpha value is -3.99. The predicted octanol–water partition coefficient (Wildman–Crippen LogP) is 6.20. The smallest absolute Gasteiger partial charge is 0.418 e. The molecule has 0 fully saturated rings. The first kappa shape index (κ1) is 25.1. The van der Waals surface area contributed by atoms with E-state index in [9.17, 15) is 24.0 Å². The second-order valence-corrected chi connectivity index (χ2v) is 10.2. The van der Waals surface area contributed by atoms with Gasteiger partial charge in [0.15, 0.2) is 5.78 Å². The zero-order valence-electron chi connectivity index (χ0n) is 20.6. The van der Waals surface area contributed by atoms with E-state index in [2.05, 4.69) is 6.07 Å². The lowest BCUT2D eigenvalue weighted by molar-refractivity contribution is -0.116. The number of imide groups is 1.